The molecule has 0 aliphatic carbocycles. The molecule has 1 unspecified atom stereocenters. The van der Waals surface area contributed by atoms with E-state index >= 15 is 0 Å². The summed E-state index contributed by atoms with van der Waals surface area (Å²) in [6.07, 6.45) is 0.708. The third-order valence-corrected chi connectivity index (χ3v) is 3.64. The van der Waals surface area contributed by atoms with Crippen molar-refractivity contribution >= 4 is 11.6 Å². The molecule has 0 saturated carbocycles. The minimum absolute atomic E-state index is 0.125. The Hall–Kier alpha value is -1.55. The van der Waals surface area contributed by atoms with Gasteiger partial charge in [-0.05, 0) is 38.0 Å². The van der Waals surface area contributed by atoms with Crippen molar-refractivity contribution in [3.63, 3.8) is 0 Å². The maximum atomic E-state index is 12.4. The first-order valence-electron chi connectivity index (χ1n) is 7.28. The van der Waals surface area contributed by atoms with Gasteiger partial charge in [-0.15, -0.1) is 0 Å². The van der Waals surface area contributed by atoms with Gasteiger partial charge < -0.3 is 15.5 Å². The minimum atomic E-state index is -0.125. The number of hydrogen-bond acceptors (Lipinski definition) is 3. The second-order valence-electron chi connectivity index (χ2n) is 5.21. The monoisotopic (exact) mass is 277 g/mol. The lowest BCUT2D eigenvalue weighted by atomic mass is 9.97. The molecule has 0 saturated heterocycles. The third kappa shape index (κ3) is 4.23. The number of hydrogen-bond donors (Lipinski definition) is 1. The minimum Gasteiger partial charge on any atom is -0.378 e. The van der Waals surface area contributed by atoms with Gasteiger partial charge >= 0.3 is 0 Å². The molecular formula is C16H27N3O. The van der Waals surface area contributed by atoms with E-state index in [1.54, 1.807) is 0 Å². The summed E-state index contributed by atoms with van der Waals surface area (Å²) >= 11 is 0. The average Bonchev–Trinajstić information content (AvgIpc) is 2.46. The van der Waals surface area contributed by atoms with E-state index in [4.69, 9.17) is 5.73 Å². The Kier molecular flexibility index (Phi) is 6.52. The molecule has 2 N–H and O–H groups in total. The molecule has 112 valence electrons. The third-order valence-electron chi connectivity index (χ3n) is 3.64. The second-order valence-corrected chi connectivity index (χ2v) is 5.21. The summed E-state index contributed by atoms with van der Waals surface area (Å²) in [6.45, 7) is 5.88. The normalized spacial score (nSPS) is 12.1. The lowest BCUT2D eigenvalue weighted by molar-refractivity contribution is -0.134. The van der Waals surface area contributed by atoms with Gasteiger partial charge in [0.2, 0.25) is 5.91 Å². The molecule has 20 heavy (non-hydrogen) atoms. The molecule has 4 nitrogen and oxygen atoms in total. The van der Waals surface area contributed by atoms with Gasteiger partial charge in [0.1, 0.15) is 0 Å². The van der Waals surface area contributed by atoms with Gasteiger partial charge in [0.25, 0.3) is 0 Å². The smallest absolute Gasteiger partial charge is 0.227 e. The zero-order valence-electron chi connectivity index (χ0n) is 13.1. The molecule has 0 aromatic heterocycles. The van der Waals surface area contributed by atoms with E-state index in [0.29, 0.717) is 13.0 Å². The highest BCUT2D eigenvalue weighted by molar-refractivity contribution is 5.79. The van der Waals surface area contributed by atoms with E-state index in [0.717, 1.165) is 24.3 Å². The zero-order valence-corrected chi connectivity index (χ0v) is 13.1. The summed E-state index contributed by atoms with van der Waals surface area (Å²) in [5.74, 6) is 0.0364. The number of amides is 1. The van der Waals surface area contributed by atoms with Crippen LogP contribution in [0.5, 0.6) is 0 Å². The van der Waals surface area contributed by atoms with Crippen LogP contribution in [0.1, 0.15) is 19.4 Å². The average molecular weight is 277 g/mol. The van der Waals surface area contributed by atoms with Crippen LogP contribution in [0.25, 0.3) is 0 Å². The summed E-state index contributed by atoms with van der Waals surface area (Å²) < 4.78 is 0. The number of carbonyl (C=O) groups excluding carboxylic acids is 1. The highest BCUT2D eigenvalue weighted by Gasteiger charge is 2.21. The van der Waals surface area contributed by atoms with Crippen molar-refractivity contribution < 1.29 is 4.79 Å². The van der Waals surface area contributed by atoms with Crippen LogP contribution in [-0.2, 0) is 11.2 Å². The molecule has 1 aromatic rings. The van der Waals surface area contributed by atoms with Crippen molar-refractivity contribution in [1.82, 2.24) is 4.90 Å². The highest BCUT2D eigenvalue weighted by Crippen LogP contribution is 2.16. The maximum absolute atomic E-state index is 12.4. The van der Waals surface area contributed by atoms with Crippen LogP contribution >= 0.6 is 0 Å². The van der Waals surface area contributed by atoms with Crippen LogP contribution in [0.2, 0.25) is 0 Å². The number of rotatable bonds is 7. The fraction of sp³-hybridized carbons (Fsp3) is 0.562. The van der Waals surface area contributed by atoms with E-state index < -0.39 is 0 Å². The first kappa shape index (κ1) is 16.5. The fourth-order valence-corrected chi connectivity index (χ4v) is 2.28. The maximum Gasteiger partial charge on any atom is 0.227 e. The van der Waals surface area contributed by atoms with E-state index in [2.05, 4.69) is 29.2 Å². The summed E-state index contributed by atoms with van der Waals surface area (Å²) in [6, 6.07) is 8.30. The van der Waals surface area contributed by atoms with Crippen molar-refractivity contribution in [2.24, 2.45) is 11.7 Å². The van der Waals surface area contributed by atoms with Gasteiger partial charge in [0.05, 0.1) is 5.92 Å². The van der Waals surface area contributed by atoms with Crippen molar-refractivity contribution in [2.45, 2.75) is 20.3 Å². The molecule has 0 spiro atoms. The predicted molar refractivity (Wildman–Crippen MR) is 84.9 cm³/mol. The Morgan fingerprint density at radius 1 is 1.15 bits per heavy atom. The van der Waals surface area contributed by atoms with Crippen molar-refractivity contribution in [2.75, 3.05) is 38.6 Å². The summed E-state index contributed by atoms with van der Waals surface area (Å²) in [5.41, 5.74) is 8.11. The van der Waals surface area contributed by atoms with E-state index in [-0.39, 0.29) is 11.8 Å². The Morgan fingerprint density at radius 2 is 1.70 bits per heavy atom. The molecule has 0 aliphatic heterocycles. The molecule has 0 aliphatic rings. The Labute approximate surface area is 122 Å². The summed E-state index contributed by atoms with van der Waals surface area (Å²) in [4.78, 5) is 16.3. The van der Waals surface area contributed by atoms with Crippen LogP contribution < -0.4 is 10.6 Å². The first-order valence-corrected chi connectivity index (χ1v) is 7.28. The number of nitrogens with two attached hydrogens (primary N) is 1. The predicted octanol–water partition coefficient (Wildman–Crippen LogP) is 1.74. The number of anilines is 1. The topological polar surface area (TPSA) is 49.6 Å². The molecule has 1 atom stereocenters. The van der Waals surface area contributed by atoms with Gasteiger partial charge in [-0.3, -0.25) is 4.79 Å². The van der Waals surface area contributed by atoms with Crippen LogP contribution in [0.15, 0.2) is 24.3 Å². The molecule has 0 heterocycles. The fourth-order valence-electron chi connectivity index (χ4n) is 2.28. The van der Waals surface area contributed by atoms with Gasteiger partial charge in [-0.2, -0.15) is 0 Å². The number of nitrogens with zero attached hydrogens (tertiary/aromatic N) is 2. The quantitative estimate of drug-likeness (QED) is 0.826. The van der Waals surface area contributed by atoms with Gasteiger partial charge in [-0.25, -0.2) is 0 Å². The lowest BCUT2D eigenvalue weighted by Gasteiger charge is -2.24. The van der Waals surface area contributed by atoms with E-state index in [1.807, 2.05) is 32.8 Å². The zero-order chi connectivity index (χ0) is 15.1. The molecule has 0 radical (unpaired) electrons. The van der Waals surface area contributed by atoms with E-state index in [9.17, 15) is 4.79 Å². The number of benzene rings is 1. The molecule has 0 fully saturated rings. The molecule has 1 rings (SSSR count). The Morgan fingerprint density at radius 3 is 2.10 bits per heavy atom. The van der Waals surface area contributed by atoms with Gasteiger partial charge in [0.15, 0.2) is 0 Å². The molecular weight excluding hydrogens is 250 g/mol. The van der Waals surface area contributed by atoms with Crippen molar-refractivity contribution in [3.05, 3.63) is 29.8 Å². The van der Waals surface area contributed by atoms with Crippen LogP contribution in [-0.4, -0.2) is 44.5 Å². The van der Waals surface area contributed by atoms with Crippen molar-refractivity contribution in [3.8, 4) is 0 Å². The van der Waals surface area contributed by atoms with Gasteiger partial charge in [-0.1, -0.05) is 12.1 Å². The summed E-state index contributed by atoms with van der Waals surface area (Å²) in [7, 11) is 4.03. The largest absolute Gasteiger partial charge is 0.378 e. The van der Waals surface area contributed by atoms with Gasteiger partial charge in [0, 0.05) is 39.4 Å². The molecule has 1 amide bonds. The SMILES string of the molecule is CCN(CC)C(=O)C(CN)Cc1ccc(N(C)C)cc1. The Balaban J connectivity index is 2.75. The van der Waals surface area contributed by atoms with Crippen molar-refractivity contribution in [1.29, 1.82) is 0 Å². The Bertz CT molecular complexity index is 410. The molecule has 4 heteroatoms. The molecule has 1 aromatic carbocycles. The van der Waals surface area contributed by atoms with E-state index in [1.165, 1.54) is 0 Å². The standard InChI is InChI=1S/C16H27N3O/c1-5-19(6-2)16(20)14(12-17)11-13-7-9-15(10-8-13)18(3)4/h7-10,14H,5-6,11-12,17H2,1-4H3. The summed E-state index contributed by atoms with van der Waals surface area (Å²) in [5, 5.41) is 0. The van der Waals surface area contributed by atoms with Crippen LogP contribution in [0, 0.1) is 5.92 Å². The second kappa shape index (κ2) is 7.90. The van der Waals surface area contributed by atoms with Crippen LogP contribution in [0.4, 0.5) is 5.69 Å². The molecule has 0 bridgehead atoms. The first-order chi connectivity index (χ1) is 9.53. The van der Waals surface area contributed by atoms with Crippen LogP contribution in [0.3, 0.4) is 0 Å². The number of carbonyl (C=O) groups is 1. The highest BCUT2D eigenvalue weighted by atomic mass is 16.2. The lowest BCUT2D eigenvalue weighted by Crippen LogP contribution is -2.39.